The van der Waals surface area contributed by atoms with Crippen LogP contribution in [0, 0.1) is 0 Å². The first-order valence-electron chi connectivity index (χ1n) is 35.6. The fourth-order valence-corrected chi connectivity index (χ4v) is 10.7. The number of hydrogen-bond donors (Lipinski definition) is 1. The monoisotopic (exact) mass is 1150 g/mol. The van der Waals surface area contributed by atoms with Crippen LogP contribution < -0.4 is 5.32 Å². The molecule has 0 saturated carbocycles. The number of unbranched alkanes of at least 4 members (excludes halogenated alkanes) is 40. The summed E-state index contributed by atoms with van der Waals surface area (Å²) in [6.45, 7) is 16.4. The maximum absolute atomic E-state index is 12.8. The number of esters is 4. The number of ether oxygens (including phenoxy) is 4. The number of carbonyl (C=O) groups is 4. The number of rotatable bonds is 68. The molecule has 0 aliphatic heterocycles. The highest BCUT2D eigenvalue weighted by Gasteiger charge is 2.15. The van der Waals surface area contributed by atoms with Crippen molar-refractivity contribution in [3.63, 3.8) is 0 Å². The fraction of sp³-hybridized carbons (Fsp3) is 0.943. The van der Waals surface area contributed by atoms with Crippen molar-refractivity contribution in [1.82, 2.24) is 15.1 Å². The molecule has 0 aromatic rings. The molecule has 0 fully saturated rings. The average Bonchev–Trinajstić information content (AvgIpc) is 3.46. The number of nitrogens with zero attached hydrogens (tertiary/aromatic N) is 2. The first-order chi connectivity index (χ1) is 39.9. The van der Waals surface area contributed by atoms with Crippen molar-refractivity contribution in [2.75, 3.05) is 78.8 Å². The number of hydrogen-bond acceptors (Lipinski definition) is 11. The molecular weight excluding hydrogens is 1010 g/mol. The second-order valence-corrected chi connectivity index (χ2v) is 24.2. The lowest BCUT2D eigenvalue weighted by Crippen LogP contribution is -2.34. The van der Waals surface area contributed by atoms with E-state index >= 15 is 0 Å². The topological polar surface area (TPSA) is 124 Å². The predicted molar refractivity (Wildman–Crippen MR) is 343 cm³/mol. The van der Waals surface area contributed by atoms with Crippen LogP contribution in [0.5, 0.6) is 0 Å². The molecule has 0 radical (unpaired) electrons. The van der Waals surface area contributed by atoms with Crippen molar-refractivity contribution in [2.45, 2.75) is 349 Å². The SMILES string of the molecule is CCCCCCCCCCCCCOC(=O)CCN(CCCNCCCN(CCC(=O)OCCCCCCCCCCCCC)CCC(=O)OCCCCCCCCCCCCC)CCC(=O)OCCCCCCCCCCCCC. The van der Waals surface area contributed by atoms with E-state index in [0.29, 0.717) is 78.3 Å². The molecule has 480 valence electrons. The summed E-state index contributed by atoms with van der Waals surface area (Å²) < 4.78 is 22.6. The molecule has 11 nitrogen and oxygen atoms in total. The van der Waals surface area contributed by atoms with Crippen molar-refractivity contribution < 1.29 is 38.1 Å². The third-order valence-corrected chi connectivity index (χ3v) is 16.2. The molecule has 0 aliphatic rings. The molecule has 0 bridgehead atoms. The third kappa shape index (κ3) is 63.6. The summed E-state index contributed by atoms with van der Waals surface area (Å²) in [5.41, 5.74) is 0. The van der Waals surface area contributed by atoms with E-state index in [1.54, 1.807) is 0 Å². The van der Waals surface area contributed by atoms with E-state index in [1.807, 2.05) is 0 Å². The van der Waals surface area contributed by atoms with E-state index in [2.05, 4.69) is 42.8 Å². The Hall–Kier alpha value is -2.24. The Kier molecular flexibility index (Phi) is 65.0. The minimum Gasteiger partial charge on any atom is -0.466 e. The summed E-state index contributed by atoms with van der Waals surface area (Å²) in [6.07, 6.45) is 58.5. The highest BCUT2D eigenvalue weighted by Crippen LogP contribution is 2.16. The largest absolute Gasteiger partial charge is 0.466 e. The van der Waals surface area contributed by atoms with Gasteiger partial charge in [0.1, 0.15) is 0 Å². The van der Waals surface area contributed by atoms with Crippen LogP contribution >= 0.6 is 0 Å². The van der Waals surface area contributed by atoms with E-state index in [-0.39, 0.29) is 23.9 Å². The smallest absolute Gasteiger partial charge is 0.307 e. The fourth-order valence-electron chi connectivity index (χ4n) is 10.7. The van der Waals surface area contributed by atoms with Crippen LogP contribution in [-0.2, 0) is 38.1 Å². The first-order valence-corrected chi connectivity index (χ1v) is 35.6. The zero-order valence-electron chi connectivity index (χ0n) is 54.5. The Morgan fingerprint density at radius 3 is 0.593 bits per heavy atom. The van der Waals surface area contributed by atoms with Gasteiger partial charge >= 0.3 is 23.9 Å². The van der Waals surface area contributed by atoms with Gasteiger partial charge in [-0.15, -0.1) is 0 Å². The summed E-state index contributed by atoms with van der Waals surface area (Å²) in [6, 6.07) is 0. The quantitative estimate of drug-likeness (QED) is 0.0356. The van der Waals surface area contributed by atoms with Gasteiger partial charge in [0.25, 0.3) is 0 Å². The van der Waals surface area contributed by atoms with Crippen LogP contribution in [0.4, 0.5) is 0 Å². The van der Waals surface area contributed by atoms with Crippen molar-refractivity contribution in [3.05, 3.63) is 0 Å². The summed E-state index contributed by atoms with van der Waals surface area (Å²) in [4.78, 5) is 55.8. The molecule has 0 heterocycles. The molecule has 11 heteroatoms. The maximum atomic E-state index is 12.8. The van der Waals surface area contributed by atoms with Gasteiger partial charge < -0.3 is 34.1 Å². The molecule has 0 saturated heterocycles. The molecule has 0 amide bonds. The second-order valence-electron chi connectivity index (χ2n) is 24.2. The third-order valence-electron chi connectivity index (χ3n) is 16.2. The molecule has 0 atom stereocenters. The van der Waals surface area contributed by atoms with Gasteiger partial charge in [-0.25, -0.2) is 0 Å². The molecule has 0 spiro atoms. The Bertz CT molecular complexity index is 1140. The molecule has 1 N–H and O–H groups in total. The molecular formula is C70H137N3O8. The van der Waals surface area contributed by atoms with E-state index < -0.39 is 0 Å². The van der Waals surface area contributed by atoms with Gasteiger partial charge in [0.15, 0.2) is 0 Å². The number of nitrogens with one attached hydrogen (secondary N) is 1. The zero-order valence-corrected chi connectivity index (χ0v) is 54.5. The second kappa shape index (κ2) is 66.9. The Balaban J connectivity index is 4.95. The molecule has 0 aliphatic carbocycles. The summed E-state index contributed by atoms with van der Waals surface area (Å²) in [7, 11) is 0. The van der Waals surface area contributed by atoms with Crippen molar-refractivity contribution in [3.8, 4) is 0 Å². The molecule has 81 heavy (non-hydrogen) atoms. The van der Waals surface area contributed by atoms with Gasteiger partial charge in [0, 0.05) is 26.2 Å². The Morgan fingerprint density at radius 1 is 0.235 bits per heavy atom. The van der Waals surface area contributed by atoms with Gasteiger partial charge in [-0.05, 0) is 64.7 Å². The minimum absolute atomic E-state index is 0.163. The zero-order chi connectivity index (χ0) is 58.8. The highest BCUT2D eigenvalue weighted by atomic mass is 16.5. The van der Waals surface area contributed by atoms with Gasteiger partial charge in [-0.2, -0.15) is 0 Å². The molecule has 0 unspecified atom stereocenters. The Labute approximate surface area is 502 Å². The van der Waals surface area contributed by atoms with Gasteiger partial charge in [0.2, 0.25) is 0 Å². The van der Waals surface area contributed by atoms with Crippen LogP contribution in [0.3, 0.4) is 0 Å². The standard InChI is InChI=1S/C70H137N3O8/c1-5-9-13-17-21-25-29-33-37-41-45-63-78-67(74)51-59-72(60-52-68(75)79-64-46-42-38-34-30-26-22-18-14-10-6-2)57-49-55-71-56-50-58-73(61-53-69(76)80-65-47-43-39-35-31-27-23-19-15-11-7-3)62-54-70(77)81-66-48-44-40-36-32-28-24-20-16-12-8-4/h71H,5-66H2,1-4H3. The van der Waals surface area contributed by atoms with Crippen LogP contribution in [0.15, 0.2) is 0 Å². The van der Waals surface area contributed by atoms with Crippen LogP contribution in [-0.4, -0.2) is 112 Å². The number of carbonyl (C=O) groups excluding carboxylic acids is 4. The summed E-state index contributed by atoms with van der Waals surface area (Å²) in [5, 5.41) is 3.60. The van der Waals surface area contributed by atoms with Crippen molar-refractivity contribution in [2.24, 2.45) is 0 Å². The van der Waals surface area contributed by atoms with E-state index in [4.69, 9.17) is 18.9 Å². The maximum Gasteiger partial charge on any atom is 0.307 e. The van der Waals surface area contributed by atoms with E-state index in [0.717, 1.165) is 90.4 Å². The molecule has 0 aromatic carbocycles. The van der Waals surface area contributed by atoms with Gasteiger partial charge in [-0.3, -0.25) is 19.2 Å². The molecule has 0 rings (SSSR count). The van der Waals surface area contributed by atoms with Gasteiger partial charge in [0.05, 0.1) is 52.1 Å². The molecule has 0 aromatic heterocycles. The summed E-state index contributed by atoms with van der Waals surface area (Å²) in [5.74, 6) is -0.652. The van der Waals surface area contributed by atoms with Crippen LogP contribution in [0.1, 0.15) is 349 Å². The Morgan fingerprint density at radius 2 is 0.407 bits per heavy atom. The van der Waals surface area contributed by atoms with Crippen LogP contribution in [0.25, 0.3) is 0 Å². The van der Waals surface area contributed by atoms with Gasteiger partial charge in [-0.1, -0.05) is 285 Å². The van der Waals surface area contributed by atoms with Crippen LogP contribution in [0.2, 0.25) is 0 Å². The van der Waals surface area contributed by atoms with Crippen molar-refractivity contribution in [1.29, 1.82) is 0 Å². The lowest BCUT2D eigenvalue weighted by Gasteiger charge is -2.22. The predicted octanol–water partition coefficient (Wildman–Crippen LogP) is 18.9. The minimum atomic E-state index is -0.163. The van der Waals surface area contributed by atoms with E-state index in [9.17, 15) is 19.2 Å². The average molecular weight is 1150 g/mol. The lowest BCUT2D eigenvalue weighted by atomic mass is 10.1. The lowest BCUT2D eigenvalue weighted by molar-refractivity contribution is -0.146. The van der Waals surface area contributed by atoms with Crippen molar-refractivity contribution >= 4 is 23.9 Å². The highest BCUT2D eigenvalue weighted by molar-refractivity contribution is 5.71. The van der Waals surface area contributed by atoms with E-state index in [1.165, 1.54) is 231 Å². The first kappa shape index (κ1) is 78.8. The summed E-state index contributed by atoms with van der Waals surface area (Å²) >= 11 is 0. The normalized spacial score (nSPS) is 11.5.